The lowest BCUT2D eigenvalue weighted by Gasteiger charge is -2.15. The molecule has 0 fully saturated rings. The van der Waals surface area contributed by atoms with Crippen LogP contribution in [-0.4, -0.2) is 32.0 Å². The zero-order valence-corrected chi connectivity index (χ0v) is 17.1. The second-order valence-corrected chi connectivity index (χ2v) is 7.74. The van der Waals surface area contributed by atoms with Crippen molar-refractivity contribution in [3.05, 3.63) is 34.4 Å². The number of alkyl halides is 6. The van der Waals surface area contributed by atoms with E-state index in [1.807, 2.05) is 0 Å². The molecule has 1 aliphatic rings. The van der Waals surface area contributed by atoms with E-state index in [4.69, 9.17) is 0 Å². The number of hydrogen-bond acceptors (Lipinski definition) is 3. The summed E-state index contributed by atoms with van der Waals surface area (Å²) in [5.41, 5.74) is -0.715. The maximum absolute atomic E-state index is 13.4. The number of rotatable bonds is 7. The van der Waals surface area contributed by atoms with Crippen LogP contribution in [0.1, 0.15) is 48.1 Å². The molecule has 3 rings (SSSR count). The van der Waals surface area contributed by atoms with E-state index < -0.39 is 35.6 Å². The molecule has 0 radical (unpaired) electrons. The van der Waals surface area contributed by atoms with Crippen molar-refractivity contribution in [3.8, 4) is 0 Å². The predicted octanol–water partition coefficient (Wildman–Crippen LogP) is 3.76. The van der Waals surface area contributed by atoms with Crippen LogP contribution in [0.25, 0.3) is 0 Å². The van der Waals surface area contributed by atoms with Crippen LogP contribution in [0.15, 0.2) is 6.07 Å². The van der Waals surface area contributed by atoms with Crippen molar-refractivity contribution in [1.82, 2.24) is 24.9 Å². The Kier molecular flexibility index (Phi) is 6.38. The third-order valence-corrected chi connectivity index (χ3v) is 5.25. The number of aryl methyl sites for hydroxylation is 3. The van der Waals surface area contributed by atoms with Gasteiger partial charge in [0.1, 0.15) is 5.69 Å². The molecule has 0 unspecified atom stereocenters. The average Bonchev–Trinajstić information content (AvgIpc) is 3.31. The molecule has 0 spiro atoms. The quantitative estimate of drug-likeness (QED) is 0.515. The van der Waals surface area contributed by atoms with E-state index >= 15 is 0 Å². The summed E-state index contributed by atoms with van der Waals surface area (Å²) in [5.74, 6) is -1.08. The first-order valence-corrected chi connectivity index (χ1v) is 9.93. The first kappa shape index (κ1) is 23.1. The molecular formula is C19H23F6N5O. The molecule has 1 aliphatic carbocycles. The van der Waals surface area contributed by atoms with E-state index in [0.717, 1.165) is 15.4 Å². The van der Waals surface area contributed by atoms with Gasteiger partial charge >= 0.3 is 12.4 Å². The lowest BCUT2D eigenvalue weighted by atomic mass is 10.1. The van der Waals surface area contributed by atoms with E-state index in [9.17, 15) is 31.1 Å². The van der Waals surface area contributed by atoms with Gasteiger partial charge in [0.25, 0.3) is 0 Å². The lowest BCUT2D eigenvalue weighted by Crippen LogP contribution is -2.33. The third-order valence-electron chi connectivity index (χ3n) is 5.25. The monoisotopic (exact) mass is 451 g/mol. The van der Waals surface area contributed by atoms with Gasteiger partial charge < -0.3 is 5.32 Å². The molecule has 0 aliphatic heterocycles. The SMILES string of the molecule is Cc1cc(C(F)(F)F)nn1C[C@@H](C)C(=O)NCCCn1nc2c(c1C(F)(F)F)CCC2. The van der Waals surface area contributed by atoms with E-state index in [1.165, 1.54) is 6.92 Å². The molecule has 0 bridgehead atoms. The summed E-state index contributed by atoms with van der Waals surface area (Å²) < 4.78 is 80.5. The molecular weight excluding hydrogens is 428 g/mol. The van der Waals surface area contributed by atoms with Crippen LogP contribution in [0, 0.1) is 12.8 Å². The molecule has 0 saturated heterocycles. The Morgan fingerprint density at radius 2 is 1.84 bits per heavy atom. The molecule has 2 aromatic heterocycles. The zero-order chi connectivity index (χ0) is 23.0. The number of halogens is 6. The number of nitrogens with zero attached hydrogens (tertiary/aromatic N) is 4. The minimum Gasteiger partial charge on any atom is -0.356 e. The fraction of sp³-hybridized carbons (Fsp3) is 0.632. The molecule has 12 heteroatoms. The van der Waals surface area contributed by atoms with Gasteiger partial charge in [-0.3, -0.25) is 14.2 Å². The summed E-state index contributed by atoms with van der Waals surface area (Å²) in [5, 5.41) is 10.2. The van der Waals surface area contributed by atoms with Gasteiger partial charge in [0.05, 0.1) is 18.2 Å². The van der Waals surface area contributed by atoms with Crippen LogP contribution < -0.4 is 5.32 Å². The van der Waals surface area contributed by atoms with Gasteiger partial charge in [-0.05, 0) is 38.7 Å². The zero-order valence-electron chi connectivity index (χ0n) is 17.1. The van der Waals surface area contributed by atoms with Crippen LogP contribution in [0.2, 0.25) is 0 Å². The van der Waals surface area contributed by atoms with Crippen molar-refractivity contribution in [2.24, 2.45) is 5.92 Å². The lowest BCUT2D eigenvalue weighted by molar-refractivity contribution is -0.145. The summed E-state index contributed by atoms with van der Waals surface area (Å²) in [7, 11) is 0. The largest absolute Gasteiger partial charge is 0.435 e. The highest BCUT2D eigenvalue weighted by molar-refractivity contribution is 5.78. The molecule has 2 heterocycles. The normalized spacial score (nSPS) is 15.2. The van der Waals surface area contributed by atoms with Crippen molar-refractivity contribution in [2.75, 3.05) is 6.54 Å². The Morgan fingerprint density at radius 3 is 2.45 bits per heavy atom. The summed E-state index contributed by atoms with van der Waals surface area (Å²) >= 11 is 0. The Balaban J connectivity index is 1.52. The average molecular weight is 451 g/mol. The van der Waals surface area contributed by atoms with Gasteiger partial charge in [-0.15, -0.1) is 0 Å². The number of hydrogen-bond donors (Lipinski definition) is 1. The van der Waals surface area contributed by atoms with Gasteiger partial charge in [0, 0.05) is 24.3 Å². The van der Waals surface area contributed by atoms with E-state index in [2.05, 4.69) is 15.5 Å². The van der Waals surface area contributed by atoms with Gasteiger partial charge in [-0.25, -0.2) is 0 Å². The van der Waals surface area contributed by atoms with Crippen LogP contribution in [0.5, 0.6) is 0 Å². The summed E-state index contributed by atoms with van der Waals surface area (Å²) in [4.78, 5) is 12.2. The van der Waals surface area contributed by atoms with E-state index in [-0.39, 0.29) is 37.3 Å². The molecule has 1 atom stereocenters. The standard InChI is InChI=1S/C19H23F6N5O/c1-11(10-30-12(2)9-15(28-30)18(20,21)22)17(31)26-7-4-8-29-16(19(23,24)25)13-5-3-6-14(13)27-29/h9,11H,3-8,10H2,1-2H3,(H,26,31)/t11-/m1/s1. The first-order valence-electron chi connectivity index (χ1n) is 9.93. The van der Waals surface area contributed by atoms with Crippen molar-refractivity contribution in [1.29, 1.82) is 0 Å². The fourth-order valence-corrected chi connectivity index (χ4v) is 3.71. The smallest absolute Gasteiger partial charge is 0.356 e. The van der Waals surface area contributed by atoms with E-state index in [1.54, 1.807) is 6.92 Å². The Hall–Kier alpha value is -2.53. The van der Waals surface area contributed by atoms with Crippen molar-refractivity contribution in [3.63, 3.8) is 0 Å². The van der Waals surface area contributed by atoms with Crippen molar-refractivity contribution >= 4 is 5.91 Å². The van der Waals surface area contributed by atoms with Gasteiger partial charge in [0.2, 0.25) is 5.91 Å². The van der Waals surface area contributed by atoms with Crippen LogP contribution in [0.4, 0.5) is 26.3 Å². The molecule has 1 amide bonds. The van der Waals surface area contributed by atoms with Gasteiger partial charge in [-0.1, -0.05) is 6.92 Å². The number of amides is 1. The first-order chi connectivity index (χ1) is 14.4. The van der Waals surface area contributed by atoms with Gasteiger partial charge in [-0.2, -0.15) is 36.5 Å². The Morgan fingerprint density at radius 1 is 1.13 bits per heavy atom. The molecule has 0 aromatic carbocycles. The molecule has 0 saturated carbocycles. The number of fused-ring (bicyclic) bond motifs is 1. The highest BCUT2D eigenvalue weighted by Crippen LogP contribution is 2.37. The summed E-state index contributed by atoms with van der Waals surface area (Å²) in [6, 6.07) is 0.907. The summed E-state index contributed by atoms with van der Waals surface area (Å²) in [6.07, 6.45) is -7.26. The Bertz CT molecular complexity index is 943. The summed E-state index contributed by atoms with van der Waals surface area (Å²) in [6.45, 7) is 3.09. The predicted molar refractivity (Wildman–Crippen MR) is 98.0 cm³/mol. The minimum absolute atomic E-state index is 0.00368. The highest BCUT2D eigenvalue weighted by Gasteiger charge is 2.40. The number of aromatic nitrogens is 4. The van der Waals surface area contributed by atoms with Crippen LogP contribution in [0.3, 0.4) is 0 Å². The van der Waals surface area contributed by atoms with Crippen molar-refractivity contribution < 1.29 is 31.1 Å². The number of carbonyl (C=O) groups excluding carboxylic acids is 1. The Labute approximate surface area is 174 Å². The number of nitrogens with one attached hydrogen (secondary N) is 1. The van der Waals surface area contributed by atoms with E-state index in [0.29, 0.717) is 25.0 Å². The second kappa shape index (κ2) is 8.54. The molecule has 6 nitrogen and oxygen atoms in total. The number of carbonyl (C=O) groups is 1. The van der Waals surface area contributed by atoms with Crippen LogP contribution in [-0.2, 0) is 43.1 Å². The molecule has 31 heavy (non-hydrogen) atoms. The molecule has 172 valence electrons. The second-order valence-electron chi connectivity index (χ2n) is 7.74. The topological polar surface area (TPSA) is 64.7 Å². The highest BCUT2D eigenvalue weighted by atomic mass is 19.4. The fourth-order valence-electron chi connectivity index (χ4n) is 3.71. The maximum Gasteiger partial charge on any atom is 0.435 e. The maximum atomic E-state index is 13.4. The third kappa shape index (κ3) is 5.21. The molecule has 2 aromatic rings. The van der Waals surface area contributed by atoms with Crippen molar-refractivity contribution in [2.45, 2.75) is 65.0 Å². The molecule has 1 N–H and O–H groups in total. The van der Waals surface area contributed by atoms with Gasteiger partial charge in [0.15, 0.2) is 5.69 Å². The van der Waals surface area contributed by atoms with Crippen LogP contribution >= 0.6 is 0 Å². The minimum atomic E-state index is -4.57.